The maximum absolute atomic E-state index is 13.3. The van der Waals surface area contributed by atoms with Crippen LogP contribution in [0.5, 0.6) is 0 Å². The van der Waals surface area contributed by atoms with E-state index in [2.05, 4.69) is 44.4 Å². The zero-order chi connectivity index (χ0) is 23.0. The summed E-state index contributed by atoms with van der Waals surface area (Å²) in [4.78, 5) is 8.93. The zero-order valence-electron chi connectivity index (χ0n) is 18.6. The predicted molar refractivity (Wildman–Crippen MR) is 124 cm³/mol. The van der Waals surface area contributed by atoms with Crippen LogP contribution in [-0.4, -0.2) is 34.3 Å². The van der Waals surface area contributed by atoms with Crippen molar-refractivity contribution < 1.29 is 4.39 Å². The van der Waals surface area contributed by atoms with Crippen molar-refractivity contribution in [3.63, 3.8) is 0 Å². The number of rotatable bonds is 6. The highest BCUT2D eigenvalue weighted by Gasteiger charge is 2.24. The van der Waals surface area contributed by atoms with Gasteiger partial charge in [-0.05, 0) is 41.3 Å². The number of aromatic nitrogens is 7. The van der Waals surface area contributed by atoms with E-state index in [1.807, 2.05) is 54.0 Å². The van der Waals surface area contributed by atoms with Crippen molar-refractivity contribution in [3.8, 4) is 11.3 Å². The van der Waals surface area contributed by atoms with Gasteiger partial charge in [0, 0.05) is 37.5 Å². The van der Waals surface area contributed by atoms with Crippen LogP contribution in [0.25, 0.3) is 16.9 Å². The lowest BCUT2D eigenvalue weighted by Gasteiger charge is -2.24. The number of halogens is 1. The van der Waals surface area contributed by atoms with Crippen molar-refractivity contribution in [1.82, 2.24) is 34.3 Å². The van der Waals surface area contributed by atoms with Gasteiger partial charge in [0.1, 0.15) is 17.5 Å². The minimum atomic E-state index is -0.238. The van der Waals surface area contributed by atoms with Gasteiger partial charge < -0.3 is 5.32 Å². The molecule has 0 saturated carbocycles. The molecule has 0 saturated heterocycles. The van der Waals surface area contributed by atoms with Crippen LogP contribution in [0.1, 0.15) is 25.2 Å². The standard InChI is InChI=1S/C24H23FN8/c1-24(2,17-4-6-18(25)7-5-17)15-22-31-30-21-14-16(10-13-33(21)22)19-8-11-26-23(28-19)29-20-9-12-27-32(20)3/h4-14H,15H2,1-3H3,(H,26,28,29). The summed E-state index contributed by atoms with van der Waals surface area (Å²) in [5, 5.41) is 16.1. The van der Waals surface area contributed by atoms with Crippen molar-refractivity contribution in [1.29, 1.82) is 0 Å². The van der Waals surface area contributed by atoms with Crippen molar-refractivity contribution >= 4 is 17.4 Å². The molecule has 5 aromatic rings. The van der Waals surface area contributed by atoms with E-state index < -0.39 is 0 Å². The molecule has 1 aromatic carbocycles. The number of hydrogen-bond donors (Lipinski definition) is 1. The average molecular weight is 443 g/mol. The smallest absolute Gasteiger partial charge is 0.228 e. The number of hydrogen-bond acceptors (Lipinski definition) is 6. The fraction of sp³-hybridized carbons (Fsp3) is 0.208. The van der Waals surface area contributed by atoms with Gasteiger partial charge in [-0.1, -0.05) is 26.0 Å². The van der Waals surface area contributed by atoms with Gasteiger partial charge in [-0.3, -0.25) is 9.08 Å². The molecule has 9 heteroatoms. The van der Waals surface area contributed by atoms with Gasteiger partial charge in [-0.2, -0.15) is 5.10 Å². The lowest BCUT2D eigenvalue weighted by Crippen LogP contribution is -2.22. The molecule has 166 valence electrons. The van der Waals surface area contributed by atoms with E-state index in [1.165, 1.54) is 12.1 Å². The van der Waals surface area contributed by atoms with Crippen molar-refractivity contribution in [2.75, 3.05) is 5.32 Å². The Morgan fingerprint density at radius 2 is 1.82 bits per heavy atom. The molecule has 0 unspecified atom stereocenters. The Morgan fingerprint density at radius 1 is 1.00 bits per heavy atom. The lowest BCUT2D eigenvalue weighted by atomic mass is 9.81. The Morgan fingerprint density at radius 3 is 2.58 bits per heavy atom. The third kappa shape index (κ3) is 4.17. The molecule has 8 nitrogen and oxygen atoms in total. The van der Waals surface area contributed by atoms with Gasteiger partial charge in [0.25, 0.3) is 0 Å². The highest BCUT2D eigenvalue weighted by molar-refractivity contribution is 5.65. The van der Waals surface area contributed by atoms with Gasteiger partial charge in [-0.15, -0.1) is 10.2 Å². The monoisotopic (exact) mass is 442 g/mol. The second-order valence-corrected chi connectivity index (χ2v) is 8.56. The van der Waals surface area contributed by atoms with Crippen LogP contribution in [0.4, 0.5) is 16.2 Å². The van der Waals surface area contributed by atoms with E-state index in [0.29, 0.717) is 12.4 Å². The van der Waals surface area contributed by atoms with Crippen LogP contribution in [0.15, 0.2) is 67.1 Å². The number of benzene rings is 1. The Bertz CT molecular complexity index is 1420. The van der Waals surface area contributed by atoms with E-state index in [0.717, 1.165) is 34.1 Å². The van der Waals surface area contributed by atoms with Crippen molar-refractivity contribution in [2.45, 2.75) is 25.7 Å². The molecule has 0 amide bonds. The molecule has 1 N–H and O–H groups in total. The number of aryl methyl sites for hydroxylation is 1. The molecule has 33 heavy (non-hydrogen) atoms. The van der Waals surface area contributed by atoms with E-state index in [9.17, 15) is 4.39 Å². The van der Waals surface area contributed by atoms with Gasteiger partial charge in [0.05, 0.1) is 11.9 Å². The summed E-state index contributed by atoms with van der Waals surface area (Å²) >= 11 is 0. The highest BCUT2D eigenvalue weighted by atomic mass is 19.1. The summed E-state index contributed by atoms with van der Waals surface area (Å²) in [7, 11) is 1.85. The van der Waals surface area contributed by atoms with Gasteiger partial charge in [0.2, 0.25) is 5.95 Å². The third-order valence-electron chi connectivity index (χ3n) is 5.72. The molecule has 0 spiro atoms. The summed E-state index contributed by atoms with van der Waals surface area (Å²) in [5.41, 5.74) is 3.24. The molecular weight excluding hydrogens is 419 g/mol. The largest absolute Gasteiger partial charge is 0.309 e. The second kappa shape index (κ2) is 8.09. The number of pyridine rings is 1. The average Bonchev–Trinajstić information content (AvgIpc) is 3.39. The van der Waals surface area contributed by atoms with E-state index in [1.54, 1.807) is 17.1 Å². The molecule has 0 radical (unpaired) electrons. The minimum absolute atomic E-state index is 0.228. The molecule has 0 aliphatic rings. The first kappa shape index (κ1) is 20.7. The summed E-state index contributed by atoms with van der Waals surface area (Å²) in [6, 6.07) is 14.3. The lowest BCUT2D eigenvalue weighted by molar-refractivity contribution is 0.502. The number of fused-ring (bicyclic) bond motifs is 1. The highest BCUT2D eigenvalue weighted by Crippen LogP contribution is 2.28. The van der Waals surface area contributed by atoms with Crippen LogP contribution in [0.3, 0.4) is 0 Å². The summed E-state index contributed by atoms with van der Waals surface area (Å²) in [6.07, 6.45) is 6.04. The fourth-order valence-corrected chi connectivity index (χ4v) is 3.81. The third-order valence-corrected chi connectivity index (χ3v) is 5.72. The van der Waals surface area contributed by atoms with E-state index in [-0.39, 0.29) is 11.2 Å². The number of nitrogens with zero attached hydrogens (tertiary/aromatic N) is 7. The molecule has 0 aliphatic carbocycles. The first-order valence-electron chi connectivity index (χ1n) is 10.6. The maximum atomic E-state index is 13.3. The van der Waals surface area contributed by atoms with Crippen LogP contribution in [0.2, 0.25) is 0 Å². The molecule has 0 fully saturated rings. The zero-order valence-corrected chi connectivity index (χ0v) is 18.6. The quantitative estimate of drug-likeness (QED) is 0.421. The van der Waals surface area contributed by atoms with Gasteiger partial charge >= 0.3 is 0 Å². The van der Waals surface area contributed by atoms with Crippen molar-refractivity contribution in [2.24, 2.45) is 7.05 Å². The normalized spacial score (nSPS) is 11.8. The van der Waals surface area contributed by atoms with Gasteiger partial charge in [0.15, 0.2) is 5.65 Å². The SMILES string of the molecule is Cn1nccc1Nc1nccc(-c2ccn3c(CC(C)(C)c4ccc(F)cc4)nnc3c2)n1. The van der Waals surface area contributed by atoms with Crippen molar-refractivity contribution in [3.05, 3.63) is 84.3 Å². The van der Waals surface area contributed by atoms with E-state index in [4.69, 9.17) is 0 Å². The number of nitrogens with one attached hydrogen (secondary N) is 1. The molecule has 0 atom stereocenters. The molecule has 4 aromatic heterocycles. The summed E-state index contributed by atoms with van der Waals surface area (Å²) in [6.45, 7) is 4.24. The molecule has 5 rings (SSSR count). The van der Waals surface area contributed by atoms with Crippen LogP contribution >= 0.6 is 0 Å². The van der Waals surface area contributed by atoms with Crippen LogP contribution < -0.4 is 5.32 Å². The van der Waals surface area contributed by atoms with Crippen LogP contribution in [0, 0.1) is 5.82 Å². The Labute approximate surface area is 190 Å². The first-order chi connectivity index (χ1) is 15.9. The topological polar surface area (TPSA) is 85.8 Å². The van der Waals surface area contributed by atoms with Gasteiger partial charge in [-0.25, -0.2) is 14.4 Å². The molecule has 0 aliphatic heterocycles. The maximum Gasteiger partial charge on any atom is 0.228 e. The summed E-state index contributed by atoms with van der Waals surface area (Å²) in [5.74, 6) is 1.89. The Kier molecular flexibility index (Phi) is 5.08. The van der Waals surface area contributed by atoms with Crippen LogP contribution in [-0.2, 0) is 18.9 Å². The predicted octanol–water partition coefficient (Wildman–Crippen LogP) is 4.32. The summed E-state index contributed by atoms with van der Waals surface area (Å²) < 4.78 is 17.0. The Balaban J connectivity index is 1.41. The number of anilines is 2. The molecule has 0 bridgehead atoms. The first-order valence-corrected chi connectivity index (χ1v) is 10.6. The molecular formula is C24H23FN8. The van der Waals surface area contributed by atoms with E-state index >= 15 is 0 Å². The fourth-order valence-electron chi connectivity index (χ4n) is 3.81. The molecule has 4 heterocycles. The minimum Gasteiger partial charge on any atom is -0.309 e. The second-order valence-electron chi connectivity index (χ2n) is 8.56. The Hall–Kier alpha value is -4.14.